The third-order valence-electron chi connectivity index (χ3n) is 3.81. The van der Waals surface area contributed by atoms with Crippen molar-refractivity contribution in [2.75, 3.05) is 13.7 Å². The van der Waals surface area contributed by atoms with Crippen LogP contribution in [0.5, 0.6) is 5.75 Å². The van der Waals surface area contributed by atoms with Crippen molar-refractivity contribution in [3.8, 4) is 16.9 Å². The van der Waals surface area contributed by atoms with Crippen molar-refractivity contribution in [1.29, 1.82) is 0 Å². The fraction of sp³-hybridized carbons (Fsp3) is 0.333. The van der Waals surface area contributed by atoms with Crippen molar-refractivity contribution in [1.82, 2.24) is 5.32 Å². The van der Waals surface area contributed by atoms with E-state index >= 15 is 0 Å². The molecule has 2 nitrogen and oxygen atoms in total. The van der Waals surface area contributed by atoms with Gasteiger partial charge in [0.1, 0.15) is 5.75 Å². The van der Waals surface area contributed by atoms with Crippen molar-refractivity contribution in [3.05, 3.63) is 52.0 Å². The maximum atomic E-state index is 6.21. The van der Waals surface area contributed by atoms with Gasteiger partial charge in [-0.1, -0.05) is 36.7 Å². The molecule has 0 saturated heterocycles. The number of rotatable bonds is 5. The molecular weight excluding hydrogens is 282 g/mol. The fourth-order valence-corrected chi connectivity index (χ4v) is 2.65. The molecule has 0 aliphatic carbocycles. The summed E-state index contributed by atoms with van der Waals surface area (Å²) < 4.78 is 5.65. The topological polar surface area (TPSA) is 21.3 Å². The largest absolute Gasteiger partial charge is 0.496 e. The van der Waals surface area contributed by atoms with Gasteiger partial charge >= 0.3 is 0 Å². The Hall–Kier alpha value is -1.51. The molecule has 0 spiro atoms. The summed E-state index contributed by atoms with van der Waals surface area (Å²) in [5.74, 6) is 0.926. The molecule has 0 heterocycles. The Labute approximate surface area is 132 Å². The zero-order chi connectivity index (χ0) is 15.4. The molecule has 0 bridgehead atoms. The highest BCUT2D eigenvalue weighted by molar-refractivity contribution is 6.30. The Bertz CT molecular complexity index is 637. The average molecular weight is 304 g/mol. The summed E-state index contributed by atoms with van der Waals surface area (Å²) in [4.78, 5) is 0. The van der Waals surface area contributed by atoms with Gasteiger partial charge < -0.3 is 10.1 Å². The highest BCUT2D eigenvalue weighted by Gasteiger charge is 2.14. The summed E-state index contributed by atoms with van der Waals surface area (Å²) in [5.41, 5.74) is 5.84. The maximum Gasteiger partial charge on any atom is 0.129 e. The normalized spacial score (nSPS) is 10.7. The zero-order valence-electron chi connectivity index (χ0n) is 13.1. The van der Waals surface area contributed by atoms with Crippen molar-refractivity contribution in [2.24, 2.45) is 0 Å². The molecule has 0 aliphatic rings. The Kier molecular flexibility index (Phi) is 5.27. The van der Waals surface area contributed by atoms with Crippen LogP contribution < -0.4 is 10.1 Å². The first-order valence-electron chi connectivity index (χ1n) is 7.22. The second kappa shape index (κ2) is 6.97. The molecule has 2 rings (SSSR count). The lowest BCUT2D eigenvalue weighted by Gasteiger charge is -2.17. The van der Waals surface area contributed by atoms with Gasteiger partial charge in [-0.25, -0.2) is 0 Å². The first-order valence-corrected chi connectivity index (χ1v) is 7.60. The van der Waals surface area contributed by atoms with Gasteiger partial charge in [-0.2, -0.15) is 0 Å². The van der Waals surface area contributed by atoms with E-state index in [0.29, 0.717) is 0 Å². The van der Waals surface area contributed by atoms with E-state index < -0.39 is 0 Å². The van der Waals surface area contributed by atoms with Crippen molar-refractivity contribution >= 4 is 11.6 Å². The van der Waals surface area contributed by atoms with Gasteiger partial charge in [-0.15, -0.1) is 0 Å². The lowest BCUT2D eigenvalue weighted by Crippen LogP contribution is -2.12. The Morgan fingerprint density at radius 2 is 1.86 bits per heavy atom. The predicted molar refractivity (Wildman–Crippen MR) is 90.3 cm³/mol. The molecule has 0 amide bonds. The van der Waals surface area contributed by atoms with Crippen LogP contribution >= 0.6 is 11.6 Å². The molecule has 0 unspecified atom stereocenters. The Morgan fingerprint density at radius 3 is 2.52 bits per heavy atom. The van der Waals surface area contributed by atoms with Gasteiger partial charge in [0, 0.05) is 17.1 Å². The second-order valence-corrected chi connectivity index (χ2v) is 5.61. The monoisotopic (exact) mass is 303 g/mol. The van der Waals surface area contributed by atoms with E-state index in [1.807, 2.05) is 12.1 Å². The number of hydrogen-bond acceptors (Lipinski definition) is 2. The SMILES string of the molecule is CCNCc1ccc(Cl)cc1-c1ccc(C)c(C)c1OC. The molecule has 0 radical (unpaired) electrons. The molecule has 1 N–H and O–H groups in total. The van der Waals surface area contributed by atoms with Crippen LogP contribution in [0.15, 0.2) is 30.3 Å². The van der Waals surface area contributed by atoms with Gasteiger partial charge in [-0.3, -0.25) is 0 Å². The third kappa shape index (κ3) is 3.39. The van der Waals surface area contributed by atoms with E-state index in [4.69, 9.17) is 16.3 Å². The average Bonchev–Trinajstić information content (AvgIpc) is 2.48. The summed E-state index contributed by atoms with van der Waals surface area (Å²) in [5, 5.41) is 4.11. The van der Waals surface area contributed by atoms with Crippen LogP contribution in [0, 0.1) is 13.8 Å². The standard InChI is InChI=1S/C18H22ClNO/c1-5-20-11-14-7-8-15(19)10-17(14)16-9-6-12(2)13(3)18(16)21-4/h6-10,20H,5,11H2,1-4H3. The third-order valence-corrected chi connectivity index (χ3v) is 4.04. The van der Waals surface area contributed by atoms with Crippen LogP contribution in [-0.4, -0.2) is 13.7 Å². The fourth-order valence-electron chi connectivity index (χ4n) is 2.48. The summed E-state index contributed by atoms with van der Waals surface area (Å²) in [7, 11) is 1.72. The van der Waals surface area contributed by atoms with Crippen LogP contribution in [0.2, 0.25) is 5.02 Å². The summed E-state index contributed by atoms with van der Waals surface area (Å²) in [6, 6.07) is 10.3. The quantitative estimate of drug-likeness (QED) is 0.861. The zero-order valence-corrected chi connectivity index (χ0v) is 13.8. The van der Waals surface area contributed by atoms with E-state index in [2.05, 4.69) is 44.3 Å². The number of aryl methyl sites for hydroxylation is 1. The molecule has 3 heteroatoms. The van der Waals surface area contributed by atoms with E-state index in [0.717, 1.165) is 35.0 Å². The highest BCUT2D eigenvalue weighted by atomic mass is 35.5. The molecule has 0 aromatic heterocycles. The number of halogens is 1. The maximum absolute atomic E-state index is 6.21. The highest BCUT2D eigenvalue weighted by Crippen LogP contribution is 2.37. The van der Waals surface area contributed by atoms with Gasteiger partial charge in [0.2, 0.25) is 0 Å². The van der Waals surface area contributed by atoms with E-state index in [-0.39, 0.29) is 0 Å². The van der Waals surface area contributed by atoms with Crippen LogP contribution in [0.4, 0.5) is 0 Å². The lowest BCUT2D eigenvalue weighted by molar-refractivity contribution is 0.413. The first-order chi connectivity index (χ1) is 10.1. The minimum Gasteiger partial charge on any atom is -0.496 e. The van der Waals surface area contributed by atoms with Crippen LogP contribution in [0.3, 0.4) is 0 Å². The molecule has 21 heavy (non-hydrogen) atoms. The number of nitrogens with one attached hydrogen (secondary N) is 1. The van der Waals surface area contributed by atoms with Gasteiger partial charge in [-0.05, 0) is 54.8 Å². The number of ether oxygens (including phenoxy) is 1. The van der Waals surface area contributed by atoms with Crippen molar-refractivity contribution < 1.29 is 4.74 Å². The van der Waals surface area contributed by atoms with Crippen LogP contribution in [0.1, 0.15) is 23.6 Å². The molecular formula is C18H22ClNO. The Balaban J connectivity index is 2.60. The van der Waals surface area contributed by atoms with E-state index in [9.17, 15) is 0 Å². The first kappa shape index (κ1) is 15.9. The van der Waals surface area contributed by atoms with Crippen LogP contribution in [0.25, 0.3) is 11.1 Å². The van der Waals surface area contributed by atoms with Gasteiger partial charge in [0.05, 0.1) is 7.11 Å². The minimum absolute atomic E-state index is 0.741. The lowest BCUT2D eigenvalue weighted by atomic mass is 9.95. The molecule has 0 fully saturated rings. The summed E-state index contributed by atoms with van der Waals surface area (Å²) >= 11 is 6.21. The van der Waals surface area contributed by atoms with Gasteiger partial charge in [0.25, 0.3) is 0 Å². The second-order valence-electron chi connectivity index (χ2n) is 5.17. The van der Waals surface area contributed by atoms with Crippen molar-refractivity contribution in [2.45, 2.75) is 27.3 Å². The molecule has 2 aromatic carbocycles. The number of methoxy groups -OCH3 is 1. The summed E-state index contributed by atoms with van der Waals surface area (Å²) in [6.07, 6.45) is 0. The summed E-state index contributed by atoms with van der Waals surface area (Å²) in [6.45, 7) is 8.04. The van der Waals surface area contributed by atoms with Gasteiger partial charge in [0.15, 0.2) is 0 Å². The predicted octanol–water partition coefficient (Wildman–Crippen LogP) is 4.74. The van der Waals surface area contributed by atoms with E-state index in [1.165, 1.54) is 16.7 Å². The smallest absolute Gasteiger partial charge is 0.129 e. The number of hydrogen-bond donors (Lipinski definition) is 1. The molecule has 0 atom stereocenters. The number of benzene rings is 2. The molecule has 0 saturated carbocycles. The molecule has 112 valence electrons. The molecule has 0 aliphatic heterocycles. The van der Waals surface area contributed by atoms with Crippen molar-refractivity contribution in [3.63, 3.8) is 0 Å². The van der Waals surface area contributed by atoms with Crippen LogP contribution in [-0.2, 0) is 6.54 Å². The molecule has 2 aromatic rings. The Morgan fingerprint density at radius 1 is 1.10 bits per heavy atom. The minimum atomic E-state index is 0.741. The van der Waals surface area contributed by atoms with E-state index in [1.54, 1.807) is 7.11 Å².